The summed E-state index contributed by atoms with van der Waals surface area (Å²) in [6.45, 7) is 2.53. The summed E-state index contributed by atoms with van der Waals surface area (Å²) in [5, 5.41) is 13.4. The molecule has 2 aliphatic rings. The minimum absolute atomic E-state index is 0.115. The minimum Gasteiger partial charge on any atom is -0.484 e. The Morgan fingerprint density at radius 2 is 1.44 bits per heavy atom. The standard InChI is InChI=1S/C39H41N3O6/c1-47-39(46)37(44)34(24-27-10-3-2-4-11-27)40-38(45)30-14-9-15-31(25-30)48-26-35(43)41-20-22-42(23-21-41)36-32-16-7-5-12-28(32)18-19-29-13-6-8-17-33(29)36/h2-17,25,34,36-37,44H,18-24,26H2,1H3,(H,40,45)/t34-,37+/m0/s1. The SMILES string of the molecule is COC(=O)[C@H](O)[C@H](Cc1ccccc1)NC(=O)c1cccc(OCC(=O)N2CCN(C3c4ccccc4CCc4ccccc43)CC2)c1. The Morgan fingerprint density at radius 1 is 0.812 bits per heavy atom. The van der Waals surface area contributed by atoms with Crippen LogP contribution in [0.4, 0.5) is 0 Å². The molecule has 9 nitrogen and oxygen atoms in total. The molecule has 0 bridgehead atoms. The fourth-order valence-electron chi connectivity index (χ4n) is 6.73. The highest BCUT2D eigenvalue weighted by atomic mass is 16.5. The van der Waals surface area contributed by atoms with Crippen molar-refractivity contribution >= 4 is 17.8 Å². The van der Waals surface area contributed by atoms with E-state index in [4.69, 9.17) is 9.47 Å². The summed E-state index contributed by atoms with van der Waals surface area (Å²) in [7, 11) is 1.19. The van der Waals surface area contributed by atoms with Gasteiger partial charge in [-0.2, -0.15) is 0 Å². The van der Waals surface area contributed by atoms with E-state index in [-0.39, 0.29) is 30.5 Å². The zero-order valence-electron chi connectivity index (χ0n) is 27.1. The van der Waals surface area contributed by atoms with Gasteiger partial charge < -0.3 is 24.8 Å². The molecular formula is C39H41N3O6. The average Bonchev–Trinajstić information content (AvgIpc) is 3.30. The monoisotopic (exact) mass is 647 g/mol. The second-order valence-corrected chi connectivity index (χ2v) is 12.3. The van der Waals surface area contributed by atoms with Crippen LogP contribution < -0.4 is 10.1 Å². The van der Waals surface area contributed by atoms with Crippen molar-refractivity contribution < 1.29 is 29.0 Å². The van der Waals surface area contributed by atoms with Crippen molar-refractivity contribution in [3.63, 3.8) is 0 Å². The number of aryl methyl sites for hydroxylation is 2. The molecule has 0 unspecified atom stereocenters. The number of rotatable bonds is 10. The molecule has 1 fully saturated rings. The van der Waals surface area contributed by atoms with Gasteiger partial charge in [-0.05, 0) is 65.3 Å². The van der Waals surface area contributed by atoms with Crippen molar-refractivity contribution in [3.05, 3.63) is 137 Å². The molecule has 0 aromatic heterocycles. The summed E-state index contributed by atoms with van der Waals surface area (Å²) in [5.41, 5.74) is 6.57. The maximum absolute atomic E-state index is 13.2. The Balaban J connectivity index is 1.06. The molecule has 2 atom stereocenters. The van der Waals surface area contributed by atoms with E-state index in [0.29, 0.717) is 18.8 Å². The van der Waals surface area contributed by atoms with Gasteiger partial charge in [-0.1, -0.05) is 84.9 Å². The number of piperazine rings is 1. The molecule has 4 aromatic rings. The van der Waals surface area contributed by atoms with Gasteiger partial charge in [0.1, 0.15) is 5.75 Å². The highest BCUT2D eigenvalue weighted by Crippen LogP contribution is 2.37. The quantitative estimate of drug-likeness (QED) is 0.251. The van der Waals surface area contributed by atoms with Gasteiger partial charge in [0.05, 0.1) is 19.2 Å². The topological polar surface area (TPSA) is 108 Å². The molecular weight excluding hydrogens is 606 g/mol. The van der Waals surface area contributed by atoms with Gasteiger partial charge >= 0.3 is 5.97 Å². The molecule has 1 aliphatic heterocycles. The van der Waals surface area contributed by atoms with Gasteiger partial charge in [0.2, 0.25) is 0 Å². The van der Waals surface area contributed by atoms with Crippen molar-refractivity contribution in [1.82, 2.24) is 15.1 Å². The maximum atomic E-state index is 13.2. The van der Waals surface area contributed by atoms with Crippen LogP contribution in [0.5, 0.6) is 5.75 Å². The number of nitrogens with one attached hydrogen (secondary N) is 1. The van der Waals surface area contributed by atoms with Crippen LogP contribution in [0.2, 0.25) is 0 Å². The molecule has 0 saturated carbocycles. The molecule has 1 heterocycles. The number of aliphatic hydroxyl groups is 1. The number of ether oxygens (including phenoxy) is 2. The molecule has 4 aromatic carbocycles. The molecule has 9 heteroatoms. The summed E-state index contributed by atoms with van der Waals surface area (Å²) in [5.74, 6) is -1.07. The maximum Gasteiger partial charge on any atom is 0.336 e. The van der Waals surface area contributed by atoms with Crippen molar-refractivity contribution in [2.24, 2.45) is 0 Å². The molecule has 2 amide bonds. The molecule has 248 valence electrons. The molecule has 0 radical (unpaired) electrons. The van der Waals surface area contributed by atoms with Crippen molar-refractivity contribution in [3.8, 4) is 5.75 Å². The molecule has 1 saturated heterocycles. The Kier molecular flexibility index (Phi) is 10.5. The van der Waals surface area contributed by atoms with E-state index in [1.807, 2.05) is 35.2 Å². The van der Waals surface area contributed by atoms with Crippen LogP contribution >= 0.6 is 0 Å². The fraction of sp³-hybridized carbons (Fsp3) is 0.308. The Bertz CT molecular complexity index is 1690. The molecule has 48 heavy (non-hydrogen) atoms. The highest BCUT2D eigenvalue weighted by Gasteiger charge is 2.32. The van der Waals surface area contributed by atoms with Crippen molar-refractivity contribution in [1.29, 1.82) is 0 Å². The minimum atomic E-state index is -1.55. The smallest absolute Gasteiger partial charge is 0.336 e. The van der Waals surface area contributed by atoms with E-state index >= 15 is 0 Å². The van der Waals surface area contributed by atoms with E-state index in [2.05, 4.69) is 58.7 Å². The normalized spacial score (nSPS) is 16.1. The van der Waals surface area contributed by atoms with E-state index in [9.17, 15) is 19.5 Å². The third-order valence-electron chi connectivity index (χ3n) is 9.29. The number of methoxy groups -OCH3 is 1. The van der Waals surface area contributed by atoms with Crippen LogP contribution in [0.3, 0.4) is 0 Å². The summed E-state index contributed by atoms with van der Waals surface area (Å²) < 4.78 is 10.6. The number of hydrogen-bond donors (Lipinski definition) is 2. The number of fused-ring (bicyclic) bond motifs is 2. The number of benzene rings is 4. The van der Waals surface area contributed by atoms with Gasteiger partial charge in [0, 0.05) is 31.7 Å². The highest BCUT2D eigenvalue weighted by molar-refractivity contribution is 5.95. The lowest BCUT2D eigenvalue weighted by Gasteiger charge is -2.40. The van der Waals surface area contributed by atoms with E-state index < -0.39 is 24.0 Å². The predicted octanol–water partition coefficient (Wildman–Crippen LogP) is 3.97. The Morgan fingerprint density at radius 3 is 2.08 bits per heavy atom. The summed E-state index contributed by atoms with van der Waals surface area (Å²) in [6.07, 6.45) is 0.710. The van der Waals surface area contributed by atoms with Crippen molar-refractivity contribution in [2.75, 3.05) is 39.9 Å². The Labute approximate surface area is 281 Å². The van der Waals surface area contributed by atoms with Gasteiger partial charge in [0.25, 0.3) is 11.8 Å². The summed E-state index contributed by atoms with van der Waals surface area (Å²) >= 11 is 0. The lowest BCUT2D eigenvalue weighted by Crippen LogP contribution is -2.51. The van der Waals surface area contributed by atoms with Crippen LogP contribution in [0.1, 0.15) is 44.2 Å². The van der Waals surface area contributed by atoms with Crippen LogP contribution in [0.25, 0.3) is 0 Å². The fourth-order valence-corrected chi connectivity index (χ4v) is 6.73. The van der Waals surface area contributed by atoms with Gasteiger partial charge in [-0.3, -0.25) is 14.5 Å². The number of esters is 1. The third kappa shape index (κ3) is 7.59. The third-order valence-corrected chi connectivity index (χ3v) is 9.29. The number of hydrogen-bond acceptors (Lipinski definition) is 7. The van der Waals surface area contributed by atoms with Crippen LogP contribution in [-0.2, 0) is 33.6 Å². The Hall–Kier alpha value is -4.99. The molecule has 1 aliphatic carbocycles. The number of nitrogens with zero attached hydrogens (tertiary/aromatic N) is 2. The first kappa shape index (κ1) is 32.9. The molecule has 2 N–H and O–H groups in total. The number of carbonyl (C=O) groups excluding carboxylic acids is 3. The van der Waals surface area contributed by atoms with Gasteiger partial charge in [-0.25, -0.2) is 4.79 Å². The van der Waals surface area contributed by atoms with E-state index in [0.717, 1.165) is 31.5 Å². The number of carbonyl (C=O) groups is 3. The first-order valence-electron chi connectivity index (χ1n) is 16.4. The van der Waals surface area contributed by atoms with Crippen LogP contribution in [0, 0.1) is 0 Å². The number of amides is 2. The second-order valence-electron chi connectivity index (χ2n) is 12.3. The van der Waals surface area contributed by atoms with Gasteiger partial charge in [0.15, 0.2) is 12.7 Å². The lowest BCUT2D eigenvalue weighted by atomic mass is 9.93. The van der Waals surface area contributed by atoms with Crippen LogP contribution in [-0.4, -0.2) is 84.7 Å². The summed E-state index contributed by atoms with van der Waals surface area (Å²) in [6, 6.07) is 32.4. The first-order valence-corrected chi connectivity index (χ1v) is 16.4. The zero-order chi connectivity index (χ0) is 33.5. The summed E-state index contributed by atoms with van der Waals surface area (Å²) in [4.78, 5) is 42.9. The first-order chi connectivity index (χ1) is 23.4. The van der Waals surface area contributed by atoms with Crippen molar-refractivity contribution in [2.45, 2.75) is 37.5 Å². The number of aliphatic hydroxyl groups excluding tert-OH is 1. The van der Waals surface area contributed by atoms with E-state index in [1.54, 1.807) is 24.3 Å². The lowest BCUT2D eigenvalue weighted by molar-refractivity contribution is -0.151. The zero-order valence-corrected chi connectivity index (χ0v) is 27.1. The van der Waals surface area contributed by atoms with E-state index in [1.165, 1.54) is 29.4 Å². The average molecular weight is 648 g/mol. The van der Waals surface area contributed by atoms with Crippen LogP contribution in [0.15, 0.2) is 103 Å². The molecule has 6 rings (SSSR count). The second kappa shape index (κ2) is 15.3. The molecule has 0 spiro atoms. The van der Waals surface area contributed by atoms with Gasteiger partial charge in [-0.15, -0.1) is 0 Å². The largest absolute Gasteiger partial charge is 0.484 e. The predicted molar refractivity (Wildman–Crippen MR) is 182 cm³/mol.